The highest BCUT2D eigenvalue weighted by Crippen LogP contribution is 2.51. The largest absolute Gasteiger partial charge is 0.479 e. The van der Waals surface area contributed by atoms with Gasteiger partial charge in [-0.1, -0.05) is 13.8 Å². The average Bonchev–Trinajstić information content (AvgIpc) is 2.46. The Bertz CT molecular complexity index is 418. The molecule has 0 bridgehead atoms. The summed E-state index contributed by atoms with van der Waals surface area (Å²) >= 11 is 0. The second kappa shape index (κ2) is 5.90. The van der Waals surface area contributed by atoms with E-state index in [1.807, 2.05) is 6.92 Å². The number of ether oxygens (including phenoxy) is 3. The molecule has 0 spiro atoms. The molecule has 1 aliphatic heterocycles. The maximum Gasteiger partial charge on any atom is 0.330 e. The third kappa shape index (κ3) is 2.65. The summed E-state index contributed by atoms with van der Waals surface area (Å²) in [5.41, 5.74) is -2.02. The molecular formula is C14H23NO6. The molecule has 0 aromatic heterocycles. The van der Waals surface area contributed by atoms with Crippen molar-refractivity contribution >= 4 is 11.9 Å². The minimum absolute atomic E-state index is 0.150. The van der Waals surface area contributed by atoms with Crippen LogP contribution in [0.1, 0.15) is 27.2 Å². The van der Waals surface area contributed by atoms with Gasteiger partial charge in [-0.25, -0.2) is 4.79 Å². The fourth-order valence-electron chi connectivity index (χ4n) is 2.97. The van der Waals surface area contributed by atoms with E-state index in [0.29, 0.717) is 19.8 Å². The molecule has 2 aliphatic rings. The lowest BCUT2D eigenvalue weighted by molar-refractivity contribution is -0.198. The van der Waals surface area contributed by atoms with Gasteiger partial charge in [0.2, 0.25) is 0 Å². The molecule has 1 saturated carbocycles. The summed E-state index contributed by atoms with van der Waals surface area (Å²) in [5.74, 6) is -1.49. The molecule has 3 atom stereocenters. The van der Waals surface area contributed by atoms with Gasteiger partial charge in [-0.2, -0.15) is 0 Å². The summed E-state index contributed by atoms with van der Waals surface area (Å²) in [4.78, 5) is 24.0. The number of carboxylic acid groups (broad SMARTS) is 1. The SMILES string of the molecule is CCOC1CC(NC(=O)C2COCCO2)(C(=O)O)C1(C)C. The molecular weight excluding hydrogens is 278 g/mol. The van der Waals surface area contributed by atoms with Crippen LogP contribution in [0.25, 0.3) is 0 Å². The minimum Gasteiger partial charge on any atom is -0.479 e. The standard InChI is InChI=1S/C14H23NO6/c1-4-20-10-7-14(12(17)18,13(10,2)3)15-11(16)9-8-19-5-6-21-9/h9-10H,4-8H2,1-3H3,(H,15,16)(H,17,18). The van der Waals surface area contributed by atoms with Crippen molar-refractivity contribution < 1.29 is 28.9 Å². The molecule has 1 heterocycles. The van der Waals surface area contributed by atoms with Crippen LogP contribution in [0.4, 0.5) is 0 Å². The molecule has 7 nitrogen and oxygen atoms in total. The van der Waals surface area contributed by atoms with Crippen LogP contribution in [0.5, 0.6) is 0 Å². The Balaban J connectivity index is 2.10. The second-order valence-corrected chi connectivity index (χ2v) is 6.00. The lowest BCUT2D eigenvalue weighted by Gasteiger charge is -2.58. The molecule has 2 rings (SSSR count). The maximum atomic E-state index is 12.2. The van der Waals surface area contributed by atoms with Crippen LogP contribution in [0.2, 0.25) is 0 Å². The summed E-state index contributed by atoms with van der Waals surface area (Å²) in [6, 6.07) is 0. The Morgan fingerprint density at radius 3 is 2.57 bits per heavy atom. The number of carbonyl (C=O) groups excluding carboxylic acids is 1. The van der Waals surface area contributed by atoms with Crippen LogP contribution in [-0.2, 0) is 23.8 Å². The molecule has 1 amide bonds. The molecule has 1 saturated heterocycles. The zero-order valence-electron chi connectivity index (χ0n) is 12.7. The monoisotopic (exact) mass is 301 g/mol. The quantitative estimate of drug-likeness (QED) is 0.752. The van der Waals surface area contributed by atoms with Gasteiger partial charge in [-0.3, -0.25) is 4.79 Å². The van der Waals surface area contributed by atoms with Crippen LogP contribution >= 0.6 is 0 Å². The lowest BCUT2D eigenvalue weighted by Crippen LogP contribution is -2.77. The Morgan fingerprint density at radius 2 is 2.10 bits per heavy atom. The third-order valence-electron chi connectivity index (χ3n) is 4.57. The molecule has 1 aliphatic carbocycles. The molecule has 0 radical (unpaired) electrons. The smallest absolute Gasteiger partial charge is 0.330 e. The van der Waals surface area contributed by atoms with Gasteiger partial charge < -0.3 is 24.6 Å². The number of nitrogens with one attached hydrogen (secondary N) is 1. The van der Waals surface area contributed by atoms with E-state index >= 15 is 0 Å². The topological polar surface area (TPSA) is 94.1 Å². The molecule has 0 aromatic rings. The molecule has 2 fully saturated rings. The summed E-state index contributed by atoms with van der Waals surface area (Å²) in [5, 5.41) is 12.3. The molecule has 7 heteroatoms. The number of hydrogen-bond donors (Lipinski definition) is 2. The van der Waals surface area contributed by atoms with E-state index < -0.39 is 28.9 Å². The van der Waals surface area contributed by atoms with Gasteiger partial charge in [0.1, 0.15) is 5.54 Å². The van der Waals surface area contributed by atoms with Crippen molar-refractivity contribution in [3.8, 4) is 0 Å². The Labute approximate surface area is 123 Å². The van der Waals surface area contributed by atoms with Crippen LogP contribution < -0.4 is 5.32 Å². The minimum atomic E-state index is -1.33. The van der Waals surface area contributed by atoms with E-state index in [9.17, 15) is 14.7 Å². The second-order valence-electron chi connectivity index (χ2n) is 6.00. The van der Waals surface area contributed by atoms with Crippen LogP contribution in [0.3, 0.4) is 0 Å². The van der Waals surface area contributed by atoms with Crippen LogP contribution in [0.15, 0.2) is 0 Å². The van der Waals surface area contributed by atoms with E-state index in [0.717, 1.165) is 0 Å². The van der Waals surface area contributed by atoms with Gasteiger partial charge in [-0.05, 0) is 6.92 Å². The summed E-state index contributed by atoms with van der Waals surface area (Å²) in [7, 11) is 0. The molecule has 3 unspecified atom stereocenters. The zero-order valence-corrected chi connectivity index (χ0v) is 12.7. The van der Waals surface area contributed by atoms with Gasteiger partial charge in [0.15, 0.2) is 6.10 Å². The molecule has 21 heavy (non-hydrogen) atoms. The van der Waals surface area contributed by atoms with Crippen LogP contribution in [0, 0.1) is 5.41 Å². The Morgan fingerprint density at radius 1 is 1.38 bits per heavy atom. The highest BCUT2D eigenvalue weighted by Gasteiger charge is 2.66. The highest BCUT2D eigenvalue weighted by atomic mass is 16.6. The number of carbonyl (C=O) groups is 2. The third-order valence-corrected chi connectivity index (χ3v) is 4.57. The van der Waals surface area contributed by atoms with Gasteiger partial charge >= 0.3 is 5.97 Å². The first kappa shape index (κ1) is 16.2. The first-order chi connectivity index (χ1) is 9.85. The van der Waals surface area contributed by atoms with Gasteiger partial charge in [0.25, 0.3) is 5.91 Å². The van der Waals surface area contributed by atoms with E-state index in [1.165, 1.54) is 0 Å². The summed E-state index contributed by atoms with van der Waals surface area (Å²) in [6.45, 7) is 6.90. The fourth-order valence-corrected chi connectivity index (χ4v) is 2.97. The maximum absolute atomic E-state index is 12.2. The van der Waals surface area contributed by atoms with E-state index in [2.05, 4.69) is 5.32 Å². The predicted molar refractivity (Wildman–Crippen MR) is 72.9 cm³/mol. The summed E-state index contributed by atoms with van der Waals surface area (Å²) < 4.78 is 16.1. The van der Waals surface area contributed by atoms with E-state index in [1.54, 1.807) is 13.8 Å². The van der Waals surface area contributed by atoms with Crippen molar-refractivity contribution in [3.63, 3.8) is 0 Å². The van der Waals surface area contributed by atoms with Crippen molar-refractivity contribution in [2.45, 2.75) is 44.9 Å². The van der Waals surface area contributed by atoms with Gasteiger partial charge in [-0.15, -0.1) is 0 Å². The van der Waals surface area contributed by atoms with Crippen LogP contribution in [-0.4, -0.2) is 61.2 Å². The Hall–Kier alpha value is -1.18. The summed E-state index contributed by atoms with van der Waals surface area (Å²) in [6.07, 6.45) is -0.693. The number of hydrogen-bond acceptors (Lipinski definition) is 5. The average molecular weight is 301 g/mol. The van der Waals surface area contributed by atoms with Crippen molar-refractivity contribution in [2.24, 2.45) is 5.41 Å². The van der Waals surface area contributed by atoms with Crippen molar-refractivity contribution in [1.82, 2.24) is 5.32 Å². The molecule has 2 N–H and O–H groups in total. The van der Waals surface area contributed by atoms with Crippen molar-refractivity contribution in [1.29, 1.82) is 0 Å². The molecule has 120 valence electrons. The number of rotatable bonds is 5. The van der Waals surface area contributed by atoms with E-state index in [4.69, 9.17) is 14.2 Å². The first-order valence-corrected chi connectivity index (χ1v) is 7.21. The van der Waals surface area contributed by atoms with Crippen molar-refractivity contribution in [3.05, 3.63) is 0 Å². The van der Waals surface area contributed by atoms with Gasteiger partial charge in [0.05, 0.1) is 25.9 Å². The number of carboxylic acids is 1. The van der Waals surface area contributed by atoms with E-state index in [-0.39, 0.29) is 19.1 Å². The lowest BCUT2D eigenvalue weighted by atomic mass is 9.54. The molecule has 0 aromatic carbocycles. The zero-order chi connectivity index (χ0) is 15.7. The Kier molecular flexibility index (Phi) is 4.55. The predicted octanol–water partition coefficient (Wildman–Crippen LogP) is 0.176. The fraction of sp³-hybridized carbons (Fsp3) is 0.857. The normalized spacial score (nSPS) is 34.8. The highest BCUT2D eigenvalue weighted by molar-refractivity contribution is 5.91. The van der Waals surface area contributed by atoms with Crippen molar-refractivity contribution in [2.75, 3.05) is 26.4 Å². The number of aliphatic carboxylic acids is 1. The first-order valence-electron chi connectivity index (χ1n) is 7.21. The van der Waals surface area contributed by atoms with Gasteiger partial charge in [0, 0.05) is 18.4 Å². The number of amides is 1.